The average molecular weight is 238 g/mol. The summed E-state index contributed by atoms with van der Waals surface area (Å²) in [5.41, 5.74) is 1.15. The van der Waals surface area contributed by atoms with Crippen molar-refractivity contribution >= 4 is 17.3 Å². The predicted octanol–water partition coefficient (Wildman–Crippen LogP) is 1.33. The molecule has 2 rings (SSSR count). The molecule has 2 N–H and O–H groups in total. The lowest BCUT2D eigenvalue weighted by Crippen LogP contribution is -2.40. The number of aryl methyl sites for hydroxylation is 1. The van der Waals surface area contributed by atoms with Crippen LogP contribution in [0.5, 0.6) is 0 Å². The lowest BCUT2D eigenvalue weighted by molar-refractivity contribution is 0.621. The van der Waals surface area contributed by atoms with E-state index in [2.05, 4.69) is 15.7 Å². The SMILES string of the molecule is Cn1cc(CNC(=S)NC2CCCC2)cn1. The molecule has 4 nitrogen and oxygen atoms in total. The van der Waals surface area contributed by atoms with Crippen LogP contribution in [0.25, 0.3) is 0 Å². The molecule has 0 spiro atoms. The van der Waals surface area contributed by atoms with Gasteiger partial charge in [0.2, 0.25) is 0 Å². The number of rotatable bonds is 3. The summed E-state index contributed by atoms with van der Waals surface area (Å²) in [6.45, 7) is 0.742. The van der Waals surface area contributed by atoms with Gasteiger partial charge in [-0.25, -0.2) is 0 Å². The van der Waals surface area contributed by atoms with Crippen molar-refractivity contribution in [3.63, 3.8) is 0 Å². The predicted molar refractivity (Wildman–Crippen MR) is 68.0 cm³/mol. The van der Waals surface area contributed by atoms with E-state index in [4.69, 9.17) is 12.2 Å². The Labute approximate surface area is 101 Å². The van der Waals surface area contributed by atoms with Crippen molar-refractivity contribution in [2.75, 3.05) is 0 Å². The maximum absolute atomic E-state index is 5.25. The van der Waals surface area contributed by atoms with Crippen LogP contribution in [0.15, 0.2) is 12.4 Å². The molecule has 5 heteroatoms. The average Bonchev–Trinajstić information content (AvgIpc) is 2.87. The molecule has 1 aromatic rings. The van der Waals surface area contributed by atoms with Crippen LogP contribution in [0.1, 0.15) is 31.2 Å². The largest absolute Gasteiger partial charge is 0.360 e. The van der Waals surface area contributed by atoms with Gasteiger partial charge in [0.1, 0.15) is 0 Å². The smallest absolute Gasteiger partial charge is 0.166 e. The van der Waals surface area contributed by atoms with E-state index in [1.54, 1.807) is 4.68 Å². The molecular formula is C11H18N4S. The van der Waals surface area contributed by atoms with Crippen molar-refractivity contribution in [2.45, 2.75) is 38.3 Å². The summed E-state index contributed by atoms with van der Waals surface area (Å²) in [7, 11) is 1.92. The number of aromatic nitrogens is 2. The molecule has 0 aromatic carbocycles. The molecule has 1 aliphatic carbocycles. The van der Waals surface area contributed by atoms with Crippen LogP contribution in [0.3, 0.4) is 0 Å². The minimum Gasteiger partial charge on any atom is -0.360 e. The molecule has 0 atom stereocenters. The van der Waals surface area contributed by atoms with Crippen molar-refractivity contribution in [2.24, 2.45) is 7.05 Å². The van der Waals surface area contributed by atoms with Crippen molar-refractivity contribution in [1.82, 2.24) is 20.4 Å². The summed E-state index contributed by atoms with van der Waals surface area (Å²) in [4.78, 5) is 0. The third-order valence-electron chi connectivity index (χ3n) is 2.90. The van der Waals surface area contributed by atoms with E-state index in [0.717, 1.165) is 17.2 Å². The van der Waals surface area contributed by atoms with Gasteiger partial charge >= 0.3 is 0 Å². The molecule has 1 fully saturated rings. The fourth-order valence-electron chi connectivity index (χ4n) is 2.05. The lowest BCUT2D eigenvalue weighted by Gasteiger charge is -2.15. The first kappa shape index (κ1) is 11.4. The first-order chi connectivity index (χ1) is 7.74. The van der Waals surface area contributed by atoms with Crippen molar-refractivity contribution in [3.05, 3.63) is 18.0 Å². The van der Waals surface area contributed by atoms with Crippen LogP contribution in [0.4, 0.5) is 0 Å². The Morgan fingerprint density at radius 2 is 2.31 bits per heavy atom. The maximum atomic E-state index is 5.25. The Balaban J connectivity index is 1.71. The zero-order valence-corrected chi connectivity index (χ0v) is 10.4. The summed E-state index contributed by atoms with van der Waals surface area (Å²) < 4.78 is 1.80. The van der Waals surface area contributed by atoms with Crippen molar-refractivity contribution in [3.8, 4) is 0 Å². The minimum absolute atomic E-state index is 0.578. The van der Waals surface area contributed by atoms with Gasteiger partial charge in [-0.1, -0.05) is 12.8 Å². The van der Waals surface area contributed by atoms with Crippen LogP contribution >= 0.6 is 12.2 Å². The molecule has 0 bridgehead atoms. The van der Waals surface area contributed by atoms with Gasteiger partial charge in [0.25, 0.3) is 0 Å². The molecule has 0 unspecified atom stereocenters. The highest BCUT2D eigenvalue weighted by molar-refractivity contribution is 7.80. The topological polar surface area (TPSA) is 41.9 Å². The first-order valence-electron chi connectivity index (χ1n) is 5.76. The fourth-order valence-corrected chi connectivity index (χ4v) is 2.29. The summed E-state index contributed by atoms with van der Waals surface area (Å²) in [6, 6.07) is 0.578. The first-order valence-corrected chi connectivity index (χ1v) is 6.17. The Hall–Kier alpha value is -1.10. The van der Waals surface area contributed by atoms with E-state index >= 15 is 0 Å². The Morgan fingerprint density at radius 3 is 2.94 bits per heavy atom. The highest BCUT2D eigenvalue weighted by Gasteiger charge is 2.15. The van der Waals surface area contributed by atoms with Gasteiger partial charge in [-0.05, 0) is 25.1 Å². The maximum Gasteiger partial charge on any atom is 0.166 e. The van der Waals surface area contributed by atoms with Crippen LogP contribution in [0.2, 0.25) is 0 Å². The second kappa shape index (κ2) is 5.30. The quantitative estimate of drug-likeness (QED) is 0.780. The van der Waals surface area contributed by atoms with E-state index in [9.17, 15) is 0 Å². The Kier molecular flexibility index (Phi) is 3.77. The molecule has 88 valence electrons. The molecule has 16 heavy (non-hydrogen) atoms. The van der Waals surface area contributed by atoms with Crippen LogP contribution in [0, 0.1) is 0 Å². The third-order valence-corrected chi connectivity index (χ3v) is 3.16. The number of hydrogen-bond donors (Lipinski definition) is 2. The summed E-state index contributed by atoms with van der Waals surface area (Å²) in [5.74, 6) is 0. The molecule has 0 saturated heterocycles. The third kappa shape index (κ3) is 3.20. The summed E-state index contributed by atoms with van der Waals surface area (Å²) in [6.07, 6.45) is 8.98. The van der Waals surface area contributed by atoms with E-state index in [0.29, 0.717) is 6.04 Å². The molecule has 1 aromatic heterocycles. The Morgan fingerprint density at radius 1 is 1.56 bits per heavy atom. The number of nitrogens with zero attached hydrogens (tertiary/aromatic N) is 2. The zero-order valence-electron chi connectivity index (χ0n) is 9.57. The molecule has 0 radical (unpaired) electrons. The van der Waals surface area contributed by atoms with Gasteiger partial charge in [0.05, 0.1) is 6.20 Å². The van der Waals surface area contributed by atoms with E-state index in [1.807, 2.05) is 19.4 Å². The molecular weight excluding hydrogens is 220 g/mol. The standard InChI is InChI=1S/C11H18N4S/c1-15-8-9(7-13-15)6-12-11(16)14-10-4-2-3-5-10/h7-8,10H,2-6H2,1H3,(H2,12,14,16). The van der Waals surface area contributed by atoms with Crippen LogP contribution in [-0.2, 0) is 13.6 Å². The molecule has 1 saturated carbocycles. The number of thiocarbonyl (C=S) groups is 1. The fraction of sp³-hybridized carbons (Fsp3) is 0.636. The zero-order chi connectivity index (χ0) is 11.4. The second-order valence-corrected chi connectivity index (χ2v) is 4.74. The van der Waals surface area contributed by atoms with Gasteiger partial charge < -0.3 is 10.6 Å². The van der Waals surface area contributed by atoms with Crippen molar-refractivity contribution < 1.29 is 0 Å². The van der Waals surface area contributed by atoms with Crippen LogP contribution < -0.4 is 10.6 Å². The molecule has 1 heterocycles. The van der Waals surface area contributed by atoms with Gasteiger partial charge in [0.15, 0.2) is 5.11 Å². The van der Waals surface area contributed by atoms with Gasteiger partial charge in [-0.15, -0.1) is 0 Å². The normalized spacial score (nSPS) is 16.3. The minimum atomic E-state index is 0.578. The number of nitrogens with one attached hydrogen (secondary N) is 2. The number of hydrogen-bond acceptors (Lipinski definition) is 2. The van der Waals surface area contributed by atoms with Crippen molar-refractivity contribution in [1.29, 1.82) is 0 Å². The lowest BCUT2D eigenvalue weighted by atomic mass is 10.2. The van der Waals surface area contributed by atoms with Gasteiger partial charge in [-0.2, -0.15) is 5.10 Å². The van der Waals surface area contributed by atoms with Gasteiger partial charge in [0, 0.05) is 31.4 Å². The van der Waals surface area contributed by atoms with E-state index in [1.165, 1.54) is 25.7 Å². The van der Waals surface area contributed by atoms with E-state index in [-0.39, 0.29) is 0 Å². The van der Waals surface area contributed by atoms with E-state index < -0.39 is 0 Å². The summed E-state index contributed by atoms with van der Waals surface area (Å²) >= 11 is 5.25. The highest BCUT2D eigenvalue weighted by atomic mass is 32.1. The van der Waals surface area contributed by atoms with Crippen LogP contribution in [-0.4, -0.2) is 20.9 Å². The summed E-state index contributed by atoms with van der Waals surface area (Å²) in [5, 5.41) is 11.4. The van der Waals surface area contributed by atoms with Gasteiger partial charge in [-0.3, -0.25) is 4.68 Å². The molecule has 1 aliphatic rings. The second-order valence-electron chi connectivity index (χ2n) is 4.33. The molecule has 0 aliphatic heterocycles. The Bertz CT molecular complexity index is 355. The monoisotopic (exact) mass is 238 g/mol. The molecule has 0 amide bonds. The highest BCUT2D eigenvalue weighted by Crippen LogP contribution is 2.17.